The summed E-state index contributed by atoms with van der Waals surface area (Å²) < 4.78 is 10.6. The summed E-state index contributed by atoms with van der Waals surface area (Å²) in [6, 6.07) is 5.46. The number of rotatable bonds is 4. The molecule has 1 aromatic carbocycles. The van der Waals surface area contributed by atoms with Crippen LogP contribution in [0, 0.1) is 0 Å². The van der Waals surface area contributed by atoms with Crippen molar-refractivity contribution in [2.24, 2.45) is 5.73 Å². The first kappa shape index (κ1) is 16.3. The highest BCUT2D eigenvalue weighted by Gasteiger charge is 2.20. The Bertz CT molecular complexity index is 467. The van der Waals surface area contributed by atoms with Gasteiger partial charge in [-0.15, -0.1) is 0 Å². The first-order chi connectivity index (χ1) is 9.26. The second kappa shape index (κ2) is 6.61. The van der Waals surface area contributed by atoms with Crippen LogP contribution in [0.2, 0.25) is 0 Å². The number of alkyl carbamates (subject to hydrolysis) is 1. The van der Waals surface area contributed by atoms with Crippen molar-refractivity contribution < 1.29 is 14.3 Å². The van der Waals surface area contributed by atoms with Gasteiger partial charge in [-0.3, -0.25) is 0 Å². The van der Waals surface area contributed by atoms with Crippen molar-refractivity contribution in [2.45, 2.75) is 45.9 Å². The van der Waals surface area contributed by atoms with Gasteiger partial charge < -0.3 is 20.5 Å². The predicted octanol–water partition coefficient (Wildman–Crippen LogP) is 2.74. The van der Waals surface area contributed by atoms with Crippen molar-refractivity contribution in [1.82, 2.24) is 5.32 Å². The molecule has 0 aliphatic heterocycles. The molecule has 0 bridgehead atoms. The Morgan fingerprint density at radius 2 is 2.05 bits per heavy atom. The van der Waals surface area contributed by atoms with Gasteiger partial charge in [-0.25, -0.2) is 4.79 Å². The van der Waals surface area contributed by atoms with Gasteiger partial charge in [-0.05, 0) is 45.4 Å². The van der Waals surface area contributed by atoms with Crippen LogP contribution in [0.4, 0.5) is 4.79 Å². The number of nitrogens with one attached hydrogen (secondary N) is 1. The van der Waals surface area contributed by atoms with E-state index in [0.29, 0.717) is 12.3 Å². The van der Waals surface area contributed by atoms with E-state index in [1.165, 1.54) is 0 Å². The summed E-state index contributed by atoms with van der Waals surface area (Å²) in [6.45, 7) is 7.80. The lowest BCUT2D eigenvalue weighted by atomic mass is 10.0. The molecule has 0 saturated heterocycles. The zero-order chi connectivity index (χ0) is 15.3. The van der Waals surface area contributed by atoms with Crippen LogP contribution in [0.3, 0.4) is 0 Å². The van der Waals surface area contributed by atoms with Crippen LogP contribution in [-0.4, -0.2) is 18.8 Å². The Morgan fingerprint density at radius 1 is 1.40 bits per heavy atom. The van der Waals surface area contributed by atoms with Crippen LogP contribution in [0.25, 0.3) is 0 Å². The van der Waals surface area contributed by atoms with E-state index in [1.807, 2.05) is 45.9 Å². The molecular formula is C15H24N2O3. The number of carbonyl (C=O) groups excluding carboxylic acids is 1. The van der Waals surface area contributed by atoms with Gasteiger partial charge in [0, 0.05) is 12.1 Å². The minimum absolute atomic E-state index is 0.230. The first-order valence-electron chi connectivity index (χ1n) is 6.63. The summed E-state index contributed by atoms with van der Waals surface area (Å²) in [5, 5.41) is 2.80. The number of hydrogen-bond acceptors (Lipinski definition) is 4. The highest BCUT2D eigenvalue weighted by molar-refractivity contribution is 5.68. The van der Waals surface area contributed by atoms with Crippen LogP contribution >= 0.6 is 0 Å². The minimum atomic E-state index is -0.521. The van der Waals surface area contributed by atoms with Crippen molar-refractivity contribution >= 4 is 6.09 Å². The highest BCUT2D eigenvalue weighted by Crippen LogP contribution is 2.26. The van der Waals surface area contributed by atoms with Crippen molar-refractivity contribution in [3.8, 4) is 5.75 Å². The minimum Gasteiger partial charge on any atom is -0.496 e. The second-order valence-corrected chi connectivity index (χ2v) is 5.65. The van der Waals surface area contributed by atoms with Gasteiger partial charge in [0.25, 0.3) is 0 Å². The van der Waals surface area contributed by atoms with Crippen LogP contribution in [0.5, 0.6) is 5.75 Å². The lowest BCUT2D eigenvalue weighted by molar-refractivity contribution is 0.0507. The van der Waals surface area contributed by atoms with E-state index in [2.05, 4.69) is 5.32 Å². The zero-order valence-electron chi connectivity index (χ0n) is 12.8. The molecule has 5 heteroatoms. The van der Waals surface area contributed by atoms with Gasteiger partial charge in [-0.1, -0.05) is 6.07 Å². The average molecular weight is 280 g/mol. The monoisotopic (exact) mass is 280 g/mol. The summed E-state index contributed by atoms with van der Waals surface area (Å²) in [7, 11) is 1.60. The molecule has 0 aliphatic rings. The molecule has 0 aromatic heterocycles. The molecule has 1 unspecified atom stereocenters. The normalized spacial score (nSPS) is 12.7. The molecule has 1 atom stereocenters. The third-order valence-corrected chi connectivity index (χ3v) is 2.73. The number of hydrogen-bond donors (Lipinski definition) is 2. The molecule has 1 rings (SSSR count). The highest BCUT2D eigenvalue weighted by atomic mass is 16.6. The molecule has 0 radical (unpaired) electrons. The van der Waals surface area contributed by atoms with Crippen LogP contribution in [0.15, 0.2) is 18.2 Å². The van der Waals surface area contributed by atoms with Crippen molar-refractivity contribution in [1.29, 1.82) is 0 Å². The molecule has 5 nitrogen and oxygen atoms in total. The molecule has 0 fully saturated rings. The Labute approximate surface area is 120 Å². The molecule has 0 saturated carbocycles. The Hall–Kier alpha value is -1.75. The summed E-state index contributed by atoms with van der Waals surface area (Å²) in [5.74, 6) is 0.714. The van der Waals surface area contributed by atoms with Gasteiger partial charge in [0.2, 0.25) is 0 Å². The first-order valence-corrected chi connectivity index (χ1v) is 6.63. The summed E-state index contributed by atoms with van der Waals surface area (Å²) >= 11 is 0. The summed E-state index contributed by atoms with van der Waals surface area (Å²) in [5.41, 5.74) is 6.98. The van der Waals surface area contributed by atoms with Gasteiger partial charge in [-0.2, -0.15) is 0 Å². The number of ether oxygens (including phenoxy) is 2. The number of nitrogens with two attached hydrogens (primary N) is 1. The predicted molar refractivity (Wildman–Crippen MR) is 78.7 cm³/mol. The summed E-state index contributed by atoms with van der Waals surface area (Å²) in [6.07, 6.45) is -0.454. The van der Waals surface area contributed by atoms with E-state index in [9.17, 15) is 4.79 Å². The SMILES string of the molecule is COc1ccc(CN)cc1C(C)NC(=O)OC(C)(C)C. The maximum Gasteiger partial charge on any atom is 0.408 e. The molecule has 1 aromatic rings. The molecule has 3 N–H and O–H groups in total. The third kappa shape index (κ3) is 4.74. The van der Waals surface area contributed by atoms with E-state index in [4.69, 9.17) is 15.2 Å². The molecular weight excluding hydrogens is 256 g/mol. The largest absolute Gasteiger partial charge is 0.496 e. The standard InChI is InChI=1S/C15H24N2O3/c1-10(17-14(18)20-15(2,3)4)12-8-11(9-16)6-7-13(12)19-5/h6-8,10H,9,16H2,1-5H3,(H,17,18). The fourth-order valence-electron chi connectivity index (χ4n) is 1.81. The molecule has 20 heavy (non-hydrogen) atoms. The van der Waals surface area contributed by atoms with E-state index in [0.717, 1.165) is 11.1 Å². The smallest absolute Gasteiger partial charge is 0.408 e. The topological polar surface area (TPSA) is 73.6 Å². The van der Waals surface area contributed by atoms with Gasteiger partial charge >= 0.3 is 6.09 Å². The van der Waals surface area contributed by atoms with Gasteiger partial charge in [0.1, 0.15) is 11.4 Å². The summed E-state index contributed by atoms with van der Waals surface area (Å²) in [4.78, 5) is 11.8. The fraction of sp³-hybridized carbons (Fsp3) is 0.533. The van der Waals surface area contributed by atoms with E-state index < -0.39 is 11.7 Å². The maximum atomic E-state index is 11.8. The lowest BCUT2D eigenvalue weighted by Crippen LogP contribution is -2.34. The second-order valence-electron chi connectivity index (χ2n) is 5.65. The molecule has 0 aliphatic carbocycles. The van der Waals surface area contributed by atoms with Crippen LogP contribution < -0.4 is 15.8 Å². The third-order valence-electron chi connectivity index (χ3n) is 2.73. The number of methoxy groups -OCH3 is 1. The molecule has 0 heterocycles. The molecule has 0 spiro atoms. The Balaban J connectivity index is 2.85. The quantitative estimate of drug-likeness (QED) is 0.889. The van der Waals surface area contributed by atoms with Gasteiger partial charge in [0.15, 0.2) is 0 Å². The van der Waals surface area contributed by atoms with E-state index >= 15 is 0 Å². The number of carbonyl (C=O) groups is 1. The zero-order valence-corrected chi connectivity index (χ0v) is 12.8. The van der Waals surface area contributed by atoms with Crippen LogP contribution in [-0.2, 0) is 11.3 Å². The van der Waals surface area contributed by atoms with E-state index in [1.54, 1.807) is 7.11 Å². The Morgan fingerprint density at radius 3 is 2.55 bits per heavy atom. The maximum absolute atomic E-state index is 11.8. The van der Waals surface area contributed by atoms with Crippen molar-refractivity contribution in [3.05, 3.63) is 29.3 Å². The lowest BCUT2D eigenvalue weighted by Gasteiger charge is -2.23. The number of amides is 1. The molecule has 112 valence electrons. The Kier molecular flexibility index (Phi) is 5.39. The van der Waals surface area contributed by atoms with Crippen LogP contribution in [0.1, 0.15) is 44.9 Å². The van der Waals surface area contributed by atoms with E-state index in [-0.39, 0.29) is 6.04 Å². The van der Waals surface area contributed by atoms with Crippen molar-refractivity contribution in [2.75, 3.05) is 7.11 Å². The fourth-order valence-corrected chi connectivity index (χ4v) is 1.81. The average Bonchev–Trinajstić information content (AvgIpc) is 2.35. The number of benzene rings is 1. The van der Waals surface area contributed by atoms with Gasteiger partial charge in [0.05, 0.1) is 13.2 Å². The van der Waals surface area contributed by atoms with Crippen molar-refractivity contribution in [3.63, 3.8) is 0 Å². The molecule has 1 amide bonds.